The largest absolute Gasteiger partial charge is 0.423 e. The number of rotatable bonds is 3. The van der Waals surface area contributed by atoms with E-state index in [1.807, 2.05) is 0 Å². The minimum Gasteiger partial charge on any atom is -0.325 e. The molecule has 21 heavy (non-hydrogen) atoms. The zero-order valence-corrected chi connectivity index (χ0v) is 10.4. The Morgan fingerprint density at radius 3 is 2.38 bits per heavy atom. The van der Waals surface area contributed by atoms with Gasteiger partial charge in [-0.15, -0.1) is 0 Å². The van der Waals surface area contributed by atoms with Gasteiger partial charge in [0.15, 0.2) is 0 Å². The van der Waals surface area contributed by atoms with Crippen molar-refractivity contribution in [2.24, 2.45) is 5.92 Å². The number of anilines is 1. The molecule has 0 aliphatic heterocycles. The Bertz CT molecular complexity index is 639. The third-order valence-electron chi connectivity index (χ3n) is 2.82. The van der Waals surface area contributed by atoms with E-state index in [0.29, 0.717) is 6.07 Å². The number of alkyl halides is 3. The molecular weight excluding hydrogens is 289 g/mol. The molecule has 0 heterocycles. The van der Waals surface area contributed by atoms with Gasteiger partial charge in [-0.2, -0.15) is 13.2 Å². The lowest BCUT2D eigenvalue weighted by Crippen LogP contribution is -2.19. The van der Waals surface area contributed by atoms with E-state index in [4.69, 9.17) is 0 Å². The van der Waals surface area contributed by atoms with E-state index in [0.717, 1.165) is 12.1 Å². The number of nitro benzene ring substituents is 1. The van der Waals surface area contributed by atoms with Gasteiger partial charge in [0.25, 0.3) is 5.69 Å². The van der Waals surface area contributed by atoms with Crippen LogP contribution in [0.15, 0.2) is 42.5 Å². The molecule has 0 radical (unpaired) electrons. The van der Waals surface area contributed by atoms with Crippen LogP contribution in [-0.4, -0.2) is 10.8 Å². The average molecular weight is 298 g/mol. The summed E-state index contributed by atoms with van der Waals surface area (Å²) in [5, 5.41) is 12.9. The van der Waals surface area contributed by atoms with Crippen molar-refractivity contribution in [3.05, 3.63) is 58.2 Å². The minimum atomic E-state index is -4.88. The lowest BCUT2D eigenvalue weighted by molar-refractivity contribution is -0.388. The first-order valence-electron chi connectivity index (χ1n) is 5.80. The van der Waals surface area contributed by atoms with Gasteiger partial charge in [0, 0.05) is 11.8 Å². The minimum absolute atomic E-state index is 0.147. The number of carbonyl (C=O) groups excluding carboxylic acids is 1. The Hall–Kier alpha value is -2.64. The molecule has 1 amide bonds. The van der Waals surface area contributed by atoms with Gasteiger partial charge in [-0.1, -0.05) is 24.3 Å². The standard InChI is InChI=1S/C13H9F3N2O3/c14-13(15,16)10-7-9(5-6-11(10)18(20)21)17-12(19)8-3-1-2-4-8/h1-8H,(H,17,19). The van der Waals surface area contributed by atoms with Crippen LogP contribution in [0.25, 0.3) is 0 Å². The number of nitrogens with one attached hydrogen (secondary N) is 1. The molecule has 0 bridgehead atoms. The Morgan fingerprint density at radius 2 is 1.86 bits per heavy atom. The molecule has 0 fully saturated rings. The molecule has 0 unspecified atom stereocenters. The second-order valence-electron chi connectivity index (χ2n) is 4.27. The van der Waals surface area contributed by atoms with Crippen LogP contribution in [-0.2, 0) is 11.0 Å². The molecule has 0 saturated heterocycles. The van der Waals surface area contributed by atoms with E-state index < -0.39 is 34.2 Å². The van der Waals surface area contributed by atoms with Gasteiger partial charge < -0.3 is 5.32 Å². The summed E-state index contributed by atoms with van der Waals surface area (Å²) >= 11 is 0. The molecule has 0 aromatic heterocycles. The van der Waals surface area contributed by atoms with Crippen molar-refractivity contribution in [3.8, 4) is 0 Å². The maximum absolute atomic E-state index is 12.8. The van der Waals surface area contributed by atoms with Crippen LogP contribution >= 0.6 is 0 Å². The number of allylic oxidation sites excluding steroid dienone is 2. The fraction of sp³-hybridized carbons (Fsp3) is 0.154. The van der Waals surface area contributed by atoms with E-state index in [1.165, 1.54) is 0 Å². The highest BCUT2D eigenvalue weighted by Crippen LogP contribution is 2.37. The van der Waals surface area contributed by atoms with E-state index in [9.17, 15) is 28.1 Å². The highest BCUT2D eigenvalue weighted by atomic mass is 19.4. The van der Waals surface area contributed by atoms with E-state index in [-0.39, 0.29) is 5.69 Å². The normalized spacial score (nSPS) is 14.4. The molecule has 0 saturated carbocycles. The molecule has 0 atom stereocenters. The number of benzene rings is 1. The van der Waals surface area contributed by atoms with E-state index in [2.05, 4.69) is 5.32 Å². The smallest absolute Gasteiger partial charge is 0.325 e. The van der Waals surface area contributed by atoms with Gasteiger partial charge in [-0.25, -0.2) is 0 Å². The zero-order valence-electron chi connectivity index (χ0n) is 10.4. The number of nitrogens with zero attached hydrogens (tertiary/aromatic N) is 1. The summed E-state index contributed by atoms with van der Waals surface area (Å²) in [4.78, 5) is 21.3. The number of halogens is 3. The lowest BCUT2D eigenvalue weighted by atomic mass is 10.1. The van der Waals surface area contributed by atoms with Crippen LogP contribution in [0.5, 0.6) is 0 Å². The fourth-order valence-corrected chi connectivity index (χ4v) is 1.83. The van der Waals surface area contributed by atoms with Crippen molar-refractivity contribution in [2.75, 3.05) is 5.32 Å². The first kappa shape index (κ1) is 14.8. The second kappa shape index (κ2) is 5.39. The summed E-state index contributed by atoms with van der Waals surface area (Å²) in [7, 11) is 0. The van der Waals surface area contributed by atoms with Gasteiger partial charge in [-0.3, -0.25) is 14.9 Å². The third-order valence-corrected chi connectivity index (χ3v) is 2.82. The molecule has 5 nitrogen and oxygen atoms in total. The summed E-state index contributed by atoms with van der Waals surface area (Å²) in [5.41, 5.74) is -2.60. The molecule has 110 valence electrons. The lowest BCUT2D eigenvalue weighted by Gasteiger charge is -2.11. The molecule has 2 rings (SSSR count). The Labute approximate surface area is 116 Å². The zero-order chi connectivity index (χ0) is 15.6. The molecule has 1 aliphatic rings. The van der Waals surface area contributed by atoms with Crippen molar-refractivity contribution in [2.45, 2.75) is 6.18 Å². The molecule has 0 spiro atoms. The topological polar surface area (TPSA) is 72.2 Å². The van der Waals surface area contributed by atoms with Gasteiger partial charge in [-0.05, 0) is 12.1 Å². The van der Waals surface area contributed by atoms with E-state index in [1.54, 1.807) is 24.3 Å². The van der Waals surface area contributed by atoms with Gasteiger partial charge in [0.1, 0.15) is 5.56 Å². The van der Waals surface area contributed by atoms with Crippen molar-refractivity contribution in [1.82, 2.24) is 0 Å². The molecule has 1 aromatic rings. The molecular formula is C13H9F3N2O3. The van der Waals surface area contributed by atoms with Crippen LogP contribution in [0.1, 0.15) is 5.56 Å². The van der Waals surface area contributed by atoms with Crippen molar-refractivity contribution < 1.29 is 22.9 Å². The van der Waals surface area contributed by atoms with E-state index >= 15 is 0 Å². The monoisotopic (exact) mass is 298 g/mol. The summed E-state index contributed by atoms with van der Waals surface area (Å²) in [5.74, 6) is -1.07. The summed E-state index contributed by atoms with van der Waals surface area (Å²) in [6.45, 7) is 0. The van der Waals surface area contributed by atoms with Crippen LogP contribution in [0.4, 0.5) is 24.5 Å². The van der Waals surface area contributed by atoms with Crippen molar-refractivity contribution in [3.63, 3.8) is 0 Å². The van der Waals surface area contributed by atoms with Gasteiger partial charge in [0.05, 0.1) is 10.8 Å². The number of carbonyl (C=O) groups is 1. The van der Waals surface area contributed by atoms with Crippen LogP contribution < -0.4 is 5.32 Å². The first-order valence-corrected chi connectivity index (χ1v) is 5.80. The maximum atomic E-state index is 12.8. The Kier molecular flexibility index (Phi) is 3.79. The Balaban J connectivity index is 2.29. The Morgan fingerprint density at radius 1 is 1.24 bits per heavy atom. The number of hydrogen-bond donors (Lipinski definition) is 1. The average Bonchev–Trinajstić information content (AvgIpc) is 2.91. The highest BCUT2D eigenvalue weighted by Gasteiger charge is 2.38. The third kappa shape index (κ3) is 3.28. The summed E-state index contributed by atoms with van der Waals surface area (Å²) < 4.78 is 38.4. The predicted molar refractivity (Wildman–Crippen MR) is 68.5 cm³/mol. The van der Waals surface area contributed by atoms with Crippen LogP contribution in [0.2, 0.25) is 0 Å². The SMILES string of the molecule is O=C(Nc1ccc([N+](=O)[O-])c(C(F)(F)F)c1)C1C=CC=C1. The van der Waals surface area contributed by atoms with Crippen molar-refractivity contribution >= 4 is 17.3 Å². The molecule has 1 N–H and O–H groups in total. The van der Waals surface area contributed by atoms with Gasteiger partial charge in [0.2, 0.25) is 5.91 Å². The fourth-order valence-electron chi connectivity index (χ4n) is 1.83. The molecule has 1 aliphatic carbocycles. The highest BCUT2D eigenvalue weighted by molar-refractivity contribution is 5.95. The molecule has 8 heteroatoms. The molecule has 1 aromatic carbocycles. The second-order valence-corrected chi connectivity index (χ2v) is 4.27. The number of nitro groups is 1. The first-order chi connectivity index (χ1) is 9.79. The summed E-state index contributed by atoms with van der Waals surface area (Å²) in [6, 6.07) is 2.34. The van der Waals surface area contributed by atoms with Gasteiger partial charge >= 0.3 is 6.18 Å². The predicted octanol–water partition coefficient (Wildman–Crippen LogP) is 3.29. The van der Waals surface area contributed by atoms with Crippen LogP contribution in [0.3, 0.4) is 0 Å². The van der Waals surface area contributed by atoms with Crippen LogP contribution in [0, 0.1) is 16.0 Å². The quantitative estimate of drug-likeness (QED) is 0.687. The number of hydrogen-bond acceptors (Lipinski definition) is 3. The summed E-state index contributed by atoms with van der Waals surface area (Å²) in [6.07, 6.45) is 1.55. The maximum Gasteiger partial charge on any atom is 0.423 e. The number of amides is 1. The van der Waals surface area contributed by atoms with Crippen molar-refractivity contribution in [1.29, 1.82) is 0 Å².